The lowest BCUT2D eigenvalue weighted by atomic mass is 9.82. The Kier molecular flexibility index (Phi) is 2.79. The van der Waals surface area contributed by atoms with E-state index in [1.165, 1.54) is 0 Å². The van der Waals surface area contributed by atoms with Crippen molar-refractivity contribution < 1.29 is 9.84 Å². The van der Waals surface area contributed by atoms with Crippen molar-refractivity contribution >= 4 is 0 Å². The Morgan fingerprint density at radius 2 is 1.75 bits per heavy atom. The quantitative estimate of drug-likeness (QED) is 0.690. The lowest BCUT2D eigenvalue weighted by Gasteiger charge is -2.30. The van der Waals surface area contributed by atoms with Gasteiger partial charge in [0, 0.05) is 5.92 Å². The maximum atomic E-state index is 9.74. The van der Waals surface area contributed by atoms with Crippen molar-refractivity contribution in [2.75, 3.05) is 0 Å². The van der Waals surface area contributed by atoms with Gasteiger partial charge in [-0.3, -0.25) is 0 Å². The van der Waals surface area contributed by atoms with Crippen molar-refractivity contribution in [3.63, 3.8) is 0 Å². The van der Waals surface area contributed by atoms with Crippen molar-refractivity contribution in [2.45, 2.75) is 58.3 Å². The van der Waals surface area contributed by atoms with Crippen LogP contribution in [0.1, 0.15) is 40.5 Å². The van der Waals surface area contributed by atoms with E-state index >= 15 is 0 Å². The van der Waals surface area contributed by atoms with Gasteiger partial charge in [-0.2, -0.15) is 0 Å². The zero-order valence-electron chi connectivity index (χ0n) is 8.50. The van der Waals surface area contributed by atoms with Crippen LogP contribution in [0.3, 0.4) is 0 Å². The highest BCUT2D eigenvalue weighted by Gasteiger charge is 2.47. The molecule has 0 amide bonds. The highest BCUT2D eigenvalue weighted by molar-refractivity contribution is 4.96. The van der Waals surface area contributed by atoms with Gasteiger partial charge in [0.2, 0.25) is 0 Å². The number of aliphatic hydroxyl groups is 1. The summed E-state index contributed by atoms with van der Waals surface area (Å²) in [5.41, 5.74) is -0.0706. The van der Waals surface area contributed by atoms with Crippen LogP contribution in [0.2, 0.25) is 0 Å². The molecule has 1 aliphatic heterocycles. The molecule has 1 N–H and O–H groups in total. The number of ether oxygens (including phenoxy) is 1. The normalized spacial score (nSPS) is 40.2. The molecule has 2 nitrogen and oxygen atoms in total. The molecule has 0 spiro atoms. The molecule has 1 aliphatic rings. The molecule has 12 heavy (non-hydrogen) atoms. The highest BCUT2D eigenvalue weighted by Crippen LogP contribution is 2.40. The summed E-state index contributed by atoms with van der Waals surface area (Å²) in [5, 5.41) is 9.74. The van der Waals surface area contributed by atoms with Gasteiger partial charge in [-0.15, -0.1) is 0 Å². The third-order valence-electron chi connectivity index (χ3n) is 3.44. The Morgan fingerprint density at radius 3 is 1.92 bits per heavy atom. The Labute approximate surface area is 74.9 Å². The molecule has 0 radical (unpaired) electrons. The van der Waals surface area contributed by atoms with Crippen LogP contribution >= 0.6 is 0 Å². The van der Waals surface area contributed by atoms with Crippen LogP contribution in [-0.4, -0.2) is 22.9 Å². The van der Waals surface area contributed by atoms with E-state index < -0.39 is 0 Å². The fourth-order valence-electron chi connectivity index (χ4n) is 2.33. The van der Waals surface area contributed by atoms with Crippen LogP contribution in [0.25, 0.3) is 0 Å². The van der Waals surface area contributed by atoms with E-state index in [0.717, 1.165) is 12.8 Å². The second-order valence-electron chi connectivity index (χ2n) is 3.87. The van der Waals surface area contributed by atoms with Crippen LogP contribution < -0.4 is 0 Å². The number of hydrogen-bond donors (Lipinski definition) is 1. The summed E-state index contributed by atoms with van der Waals surface area (Å²) in [7, 11) is 0. The van der Waals surface area contributed by atoms with Gasteiger partial charge < -0.3 is 9.84 Å². The van der Waals surface area contributed by atoms with Crippen molar-refractivity contribution in [1.82, 2.24) is 0 Å². The minimum Gasteiger partial charge on any atom is -0.390 e. The molecule has 0 aromatic heterocycles. The first kappa shape index (κ1) is 10.0. The molecule has 3 atom stereocenters. The molecule has 1 saturated heterocycles. The Morgan fingerprint density at radius 1 is 1.25 bits per heavy atom. The molecule has 2 heteroatoms. The second-order valence-corrected chi connectivity index (χ2v) is 3.87. The number of rotatable bonds is 2. The maximum Gasteiger partial charge on any atom is 0.0852 e. The summed E-state index contributed by atoms with van der Waals surface area (Å²) in [5.74, 6) is 0.266. The van der Waals surface area contributed by atoms with Gasteiger partial charge in [0.1, 0.15) is 0 Å². The van der Waals surface area contributed by atoms with Crippen molar-refractivity contribution in [3.8, 4) is 0 Å². The van der Waals surface area contributed by atoms with Gasteiger partial charge in [-0.05, 0) is 19.8 Å². The molecule has 1 heterocycles. The van der Waals surface area contributed by atoms with Crippen LogP contribution in [-0.2, 0) is 4.74 Å². The van der Waals surface area contributed by atoms with Crippen LogP contribution in [0.5, 0.6) is 0 Å². The van der Waals surface area contributed by atoms with E-state index in [1.807, 2.05) is 6.92 Å². The summed E-state index contributed by atoms with van der Waals surface area (Å²) >= 11 is 0. The van der Waals surface area contributed by atoms with Gasteiger partial charge in [-0.25, -0.2) is 0 Å². The average molecular weight is 172 g/mol. The van der Waals surface area contributed by atoms with Crippen LogP contribution in [0, 0.1) is 5.92 Å². The maximum absolute atomic E-state index is 9.74. The largest absolute Gasteiger partial charge is 0.390 e. The van der Waals surface area contributed by atoms with Gasteiger partial charge in [0.15, 0.2) is 0 Å². The van der Waals surface area contributed by atoms with Crippen molar-refractivity contribution in [3.05, 3.63) is 0 Å². The fraction of sp³-hybridized carbons (Fsp3) is 1.00. The summed E-state index contributed by atoms with van der Waals surface area (Å²) in [4.78, 5) is 0. The van der Waals surface area contributed by atoms with Crippen molar-refractivity contribution in [2.24, 2.45) is 5.92 Å². The molecule has 1 fully saturated rings. The molecule has 0 unspecified atom stereocenters. The first-order valence-electron chi connectivity index (χ1n) is 4.93. The predicted octanol–water partition coefficient (Wildman–Crippen LogP) is 1.96. The van der Waals surface area contributed by atoms with Crippen molar-refractivity contribution in [1.29, 1.82) is 0 Å². The van der Waals surface area contributed by atoms with E-state index in [1.54, 1.807) is 0 Å². The standard InChI is InChI=1S/C10H20O2/c1-5-10(6-2)7(3)9(11)8(4)12-10/h7-9,11H,5-6H2,1-4H3/t7-,8+,9-/m1/s1. The van der Waals surface area contributed by atoms with Crippen LogP contribution in [0.15, 0.2) is 0 Å². The summed E-state index contributed by atoms with van der Waals surface area (Å²) in [6, 6.07) is 0. The number of aliphatic hydroxyl groups excluding tert-OH is 1. The molecule has 1 rings (SSSR count). The first-order chi connectivity index (χ1) is 5.57. The fourth-order valence-corrected chi connectivity index (χ4v) is 2.33. The topological polar surface area (TPSA) is 29.5 Å². The van der Waals surface area contributed by atoms with E-state index in [9.17, 15) is 5.11 Å². The highest BCUT2D eigenvalue weighted by atomic mass is 16.5. The van der Waals surface area contributed by atoms with Crippen LogP contribution in [0.4, 0.5) is 0 Å². The van der Waals surface area contributed by atoms with Gasteiger partial charge in [0.25, 0.3) is 0 Å². The summed E-state index contributed by atoms with van der Waals surface area (Å²) in [6.07, 6.45) is 1.70. The molecular formula is C10H20O2. The monoisotopic (exact) mass is 172 g/mol. The van der Waals surface area contributed by atoms with E-state index in [2.05, 4.69) is 20.8 Å². The minimum atomic E-state index is -0.287. The Hall–Kier alpha value is -0.0800. The lowest BCUT2D eigenvalue weighted by molar-refractivity contribution is -0.0579. The first-order valence-corrected chi connectivity index (χ1v) is 4.93. The Bertz CT molecular complexity index is 152. The zero-order valence-corrected chi connectivity index (χ0v) is 8.50. The molecular weight excluding hydrogens is 152 g/mol. The molecule has 0 bridgehead atoms. The smallest absolute Gasteiger partial charge is 0.0852 e. The lowest BCUT2D eigenvalue weighted by Crippen LogP contribution is -2.35. The molecule has 0 aromatic carbocycles. The molecule has 0 aromatic rings. The third kappa shape index (κ3) is 1.27. The molecule has 0 aliphatic carbocycles. The van der Waals surface area contributed by atoms with Gasteiger partial charge in [-0.1, -0.05) is 20.8 Å². The second kappa shape index (κ2) is 3.35. The molecule has 72 valence electrons. The van der Waals surface area contributed by atoms with E-state index in [-0.39, 0.29) is 23.7 Å². The van der Waals surface area contributed by atoms with E-state index in [0.29, 0.717) is 0 Å². The SMILES string of the molecule is CCC1(CC)O[C@@H](C)[C@H](O)[C@H]1C. The predicted molar refractivity (Wildman–Crippen MR) is 49.0 cm³/mol. The van der Waals surface area contributed by atoms with Gasteiger partial charge >= 0.3 is 0 Å². The minimum absolute atomic E-state index is 0.0000926. The zero-order chi connectivity index (χ0) is 9.35. The average Bonchev–Trinajstić information content (AvgIpc) is 2.30. The summed E-state index contributed by atoms with van der Waals surface area (Å²) < 4.78 is 5.82. The Balaban J connectivity index is 2.79. The third-order valence-corrected chi connectivity index (χ3v) is 3.44. The summed E-state index contributed by atoms with van der Waals surface area (Å²) in [6.45, 7) is 8.30. The van der Waals surface area contributed by atoms with Gasteiger partial charge in [0.05, 0.1) is 17.8 Å². The number of hydrogen-bond acceptors (Lipinski definition) is 2. The molecule has 0 saturated carbocycles. The van der Waals surface area contributed by atoms with E-state index in [4.69, 9.17) is 4.74 Å².